The van der Waals surface area contributed by atoms with Crippen molar-refractivity contribution in [3.63, 3.8) is 0 Å². The summed E-state index contributed by atoms with van der Waals surface area (Å²) < 4.78 is 5.52. The Bertz CT molecular complexity index is 1000. The minimum atomic E-state index is 0.721. The van der Waals surface area contributed by atoms with E-state index in [0.717, 1.165) is 85.6 Å². The summed E-state index contributed by atoms with van der Waals surface area (Å²) in [6.07, 6.45) is 5.47. The minimum Gasteiger partial charge on any atom is -0.378 e. The second-order valence-electron chi connectivity index (χ2n) is 7.69. The number of piperazine rings is 1. The van der Waals surface area contributed by atoms with Gasteiger partial charge in [0.2, 0.25) is 5.95 Å². The maximum Gasteiger partial charge on any atom is 0.229 e. The second kappa shape index (κ2) is 9.13. The summed E-state index contributed by atoms with van der Waals surface area (Å²) in [5.41, 5.74) is 1.11. The number of hydrogen-bond donors (Lipinski definition) is 1. The van der Waals surface area contributed by atoms with Gasteiger partial charge in [-0.2, -0.15) is 9.97 Å². The molecule has 2 aliphatic rings. The summed E-state index contributed by atoms with van der Waals surface area (Å²) in [6.45, 7) is 6.98. The number of likely N-dealkylation sites (N-methyl/N-ethyl adjacent to an activating group) is 1. The van der Waals surface area contributed by atoms with E-state index in [1.54, 1.807) is 23.7 Å². The quantitative estimate of drug-likeness (QED) is 0.645. The molecule has 0 unspecified atom stereocenters. The van der Waals surface area contributed by atoms with E-state index in [9.17, 15) is 0 Å². The summed E-state index contributed by atoms with van der Waals surface area (Å²) in [6, 6.07) is 5.99. The van der Waals surface area contributed by atoms with E-state index in [1.165, 1.54) is 0 Å². The fraction of sp³-hybridized carbons (Fsp3) is 0.429. The number of anilines is 4. The first-order valence-corrected chi connectivity index (χ1v) is 11.3. The molecule has 0 aromatic carbocycles. The largest absolute Gasteiger partial charge is 0.378 e. The van der Waals surface area contributed by atoms with E-state index >= 15 is 0 Å². The van der Waals surface area contributed by atoms with Gasteiger partial charge in [0.05, 0.1) is 18.1 Å². The van der Waals surface area contributed by atoms with E-state index in [1.807, 2.05) is 24.4 Å². The average molecular weight is 439 g/mol. The predicted molar refractivity (Wildman–Crippen MR) is 123 cm³/mol. The number of aromatic nitrogens is 4. The summed E-state index contributed by atoms with van der Waals surface area (Å²) in [7, 11) is 2.15. The molecule has 3 aromatic heterocycles. The van der Waals surface area contributed by atoms with Crippen LogP contribution in [0.3, 0.4) is 0 Å². The number of morpholine rings is 1. The molecule has 3 aromatic rings. The Kier molecular flexibility index (Phi) is 5.92. The first-order valence-electron chi connectivity index (χ1n) is 10.5. The van der Waals surface area contributed by atoms with Gasteiger partial charge < -0.3 is 24.8 Å². The van der Waals surface area contributed by atoms with Crippen molar-refractivity contribution in [3.8, 4) is 10.4 Å². The van der Waals surface area contributed by atoms with Crippen molar-refractivity contribution in [1.82, 2.24) is 24.8 Å². The van der Waals surface area contributed by atoms with Crippen molar-refractivity contribution in [2.24, 2.45) is 0 Å². The number of nitrogens with zero attached hydrogens (tertiary/aromatic N) is 7. The van der Waals surface area contributed by atoms with Gasteiger partial charge in [-0.25, -0.2) is 4.98 Å². The van der Waals surface area contributed by atoms with Crippen LogP contribution in [0.4, 0.5) is 22.7 Å². The van der Waals surface area contributed by atoms with Crippen molar-refractivity contribution >= 4 is 34.1 Å². The zero-order chi connectivity index (χ0) is 21.0. The van der Waals surface area contributed by atoms with Crippen LogP contribution in [0.1, 0.15) is 0 Å². The van der Waals surface area contributed by atoms with E-state index < -0.39 is 0 Å². The van der Waals surface area contributed by atoms with Crippen LogP contribution in [0.5, 0.6) is 0 Å². The molecule has 2 saturated heterocycles. The molecule has 9 nitrogen and oxygen atoms in total. The smallest absolute Gasteiger partial charge is 0.229 e. The molecule has 0 spiro atoms. The van der Waals surface area contributed by atoms with E-state index in [4.69, 9.17) is 14.7 Å². The monoisotopic (exact) mass is 438 g/mol. The van der Waals surface area contributed by atoms with Gasteiger partial charge in [-0.05, 0) is 24.7 Å². The van der Waals surface area contributed by atoms with Gasteiger partial charge in [0, 0.05) is 63.9 Å². The molecule has 5 heterocycles. The zero-order valence-corrected chi connectivity index (χ0v) is 18.4. The fourth-order valence-electron chi connectivity index (χ4n) is 3.68. The third-order valence-corrected chi connectivity index (χ3v) is 6.49. The Morgan fingerprint density at radius 1 is 0.968 bits per heavy atom. The fourth-order valence-corrected chi connectivity index (χ4v) is 4.51. The molecule has 31 heavy (non-hydrogen) atoms. The molecule has 0 atom stereocenters. The second-order valence-corrected chi connectivity index (χ2v) is 8.72. The lowest BCUT2D eigenvalue weighted by Crippen LogP contribution is -2.45. The average Bonchev–Trinajstić information content (AvgIpc) is 3.29. The first kappa shape index (κ1) is 20.1. The normalized spacial score (nSPS) is 17.7. The van der Waals surface area contributed by atoms with Gasteiger partial charge in [0.1, 0.15) is 11.6 Å². The van der Waals surface area contributed by atoms with Crippen LogP contribution in [0, 0.1) is 0 Å². The zero-order valence-electron chi connectivity index (χ0n) is 17.6. The molecule has 5 rings (SSSR count). The van der Waals surface area contributed by atoms with Crippen LogP contribution in [0.25, 0.3) is 10.4 Å². The Balaban J connectivity index is 1.41. The lowest BCUT2D eigenvalue weighted by molar-refractivity contribution is 0.122. The number of ether oxygens (including phenoxy) is 1. The van der Waals surface area contributed by atoms with Gasteiger partial charge in [-0.15, -0.1) is 0 Å². The summed E-state index contributed by atoms with van der Waals surface area (Å²) in [4.78, 5) is 26.3. The highest BCUT2D eigenvalue weighted by atomic mass is 32.1. The van der Waals surface area contributed by atoms with Crippen molar-refractivity contribution in [1.29, 1.82) is 0 Å². The van der Waals surface area contributed by atoms with E-state index in [-0.39, 0.29) is 0 Å². The predicted octanol–water partition coefficient (Wildman–Crippen LogP) is 2.33. The molecule has 0 saturated carbocycles. The van der Waals surface area contributed by atoms with Crippen molar-refractivity contribution < 1.29 is 4.74 Å². The molecule has 0 radical (unpaired) electrons. The Hall–Kier alpha value is -2.82. The van der Waals surface area contributed by atoms with E-state index in [2.05, 4.69) is 37.0 Å². The van der Waals surface area contributed by atoms with Gasteiger partial charge in [0.25, 0.3) is 0 Å². The van der Waals surface area contributed by atoms with Crippen molar-refractivity contribution in [2.75, 3.05) is 74.6 Å². The topological polar surface area (TPSA) is 82.5 Å². The third-order valence-electron chi connectivity index (χ3n) is 5.53. The molecule has 2 aliphatic heterocycles. The highest BCUT2D eigenvalue weighted by Crippen LogP contribution is 2.31. The molecular weight excluding hydrogens is 412 g/mol. The molecule has 0 bridgehead atoms. The van der Waals surface area contributed by atoms with Gasteiger partial charge in [-0.3, -0.25) is 4.98 Å². The maximum absolute atomic E-state index is 5.52. The van der Waals surface area contributed by atoms with Crippen molar-refractivity contribution in [3.05, 3.63) is 36.8 Å². The van der Waals surface area contributed by atoms with Crippen LogP contribution in [0.15, 0.2) is 36.8 Å². The molecule has 2 fully saturated rings. The molecule has 162 valence electrons. The number of pyridine rings is 1. The lowest BCUT2D eigenvalue weighted by atomic mass is 10.2. The molecule has 1 N–H and O–H groups in total. The number of rotatable bonds is 5. The van der Waals surface area contributed by atoms with Gasteiger partial charge in [-0.1, -0.05) is 11.3 Å². The Morgan fingerprint density at radius 3 is 2.52 bits per heavy atom. The summed E-state index contributed by atoms with van der Waals surface area (Å²) in [5.74, 6) is 2.46. The minimum absolute atomic E-state index is 0.721. The number of nitrogens with one attached hydrogen (secondary N) is 1. The van der Waals surface area contributed by atoms with Crippen molar-refractivity contribution in [2.45, 2.75) is 0 Å². The van der Waals surface area contributed by atoms with Gasteiger partial charge >= 0.3 is 0 Å². The first-order chi connectivity index (χ1) is 15.2. The third kappa shape index (κ3) is 4.76. The summed E-state index contributed by atoms with van der Waals surface area (Å²) >= 11 is 1.60. The molecule has 0 amide bonds. The van der Waals surface area contributed by atoms with E-state index in [0.29, 0.717) is 0 Å². The lowest BCUT2D eigenvalue weighted by Gasteiger charge is -2.34. The number of thiazole rings is 1. The standard InChI is InChI=1S/C21H26N8OS/c1-27-6-8-29(9-7-27)20-24-18(14-19(26-20)28-10-12-30-13-11-28)25-21-23-15-17(31-21)16-2-4-22-5-3-16/h2-5,14-15H,6-13H2,1H3,(H,23,24,25,26). The van der Waals surface area contributed by atoms with Gasteiger partial charge in [0.15, 0.2) is 5.13 Å². The van der Waals surface area contributed by atoms with Crippen LogP contribution in [0.2, 0.25) is 0 Å². The highest BCUT2D eigenvalue weighted by Gasteiger charge is 2.21. The Labute approximate surface area is 185 Å². The summed E-state index contributed by atoms with van der Waals surface area (Å²) in [5, 5.41) is 4.22. The molecule has 0 aliphatic carbocycles. The van der Waals surface area contributed by atoms with Crippen LogP contribution >= 0.6 is 11.3 Å². The van der Waals surface area contributed by atoms with Crippen LogP contribution < -0.4 is 15.1 Å². The highest BCUT2D eigenvalue weighted by molar-refractivity contribution is 7.18. The maximum atomic E-state index is 5.52. The molecular formula is C21H26N8OS. The number of hydrogen-bond acceptors (Lipinski definition) is 10. The SMILES string of the molecule is CN1CCN(c2nc(Nc3ncc(-c4ccncc4)s3)cc(N3CCOCC3)n2)CC1. The van der Waals surface area contributed by atoms with Crippen LogP contribution in [-0.2, 0) is 4.74 Å². The van der Waals surface area contributed by atoms with Crippen LogP contribution in [-0.4, -0.2) is 84.4 Å². The molecule has 10 heteroatoms. The Morgan fingerprint density at radius 2 is 1.74 bits per heavy atom.